The van der Waals surface area contributed by atoms with E-state index in [1.807, 2.05) is 30.3 Å². The van der Waals surface area contributed by atoms with Gasteiger partial charge in [0.15, 0.2) is 0 Å². The third-order valence-electron chi connectivity index (χ3n) is 9.99. The van der Waals surface area contributed by atoms with Crippen LogP contribution in [0.5, 0.6) is 0 Å². The van der Waals surface area contributed by atoms with Crippen molar-refractivity contribution in [1.82, 2.24) is 0 Å². The van der Waals surface area contributed by atoms with Crippen LogP contribution >= 0.6 is 0 Å². The summed E-state index contributed by atoms with van der Waals surface area (Å²) in [6.07, 6.45) is 0.944. The molecule has 0 spiro atoms. The molecule has 0 aliphatic heterocycles. The van der Waals surface area contributed by atoms with Crippen molar-refractivity contribution in [2.75, 3.05) is 0 Å². The molecule has 0 unspecified atom stereocenters. The van der Waals surface area contributed by atoms with Gasteiger partial charge in [0.1, 0.15) is 0 Å². The predicted molar refractivity (Wildman–Crippen MR) is 231 cm³/mol. The van der Waals surface area contributed by atoms with Crippen molar-refractivity contribution in [2.45, 2.75) is 72.6 Å². The Labute approximate surface area is 364 Å². The maximum absolute atomic E-state index is 3.88. The Morgan fingerprint density at radius 2 is 1.04 bits per heavy atom. The summed E-state index contributed by atoms with van der Waals surface area (Å²) in [6, 6.07) is 60.8. The van der Waals surface area contributed by atoms with Crippen LogP contribution < -0.4 is 35.2 Å². The molecule has 0 amide bonds. The molecule has 284 valence electrons. The van der Waals surface area contributed by atoms with Crippen LogP contribution in [0.4, 0.5) is 0 Å². The Bertz CT molecular complexity index is 2180. The zero-order chi connectivity index (χ0) is 38.5. The number of hydrogen-bond donors (Lipinski definition) is 0. The minimum absolute atomic E-state index is 0. The van der Waals surface area contributed by atoms with E-state index in [9.17, 15) is 0 Å². The van der Waals surface area contributed by atoms with E-state index < -0.39 is 5.43 Å². The number of benzene rings is 6. The van der Waals surface area contributed by atoms with Crippen molar-refractivity contribution in [2.24, 2.45) is 0 Å². The number of fused-ring (bicyclic) bond motifs is 3. The summed E-state index contributed by atoms with van der Waals surface area (Å²) in [7, 11) is 0. The fraction of sp³-hybridized carbons (Fsp3) is 0.212. The van der Waals surface area contributed by atoms with Gasteiger partial charge in [-0.25, -0.2) is 12.1 Å². The number of halogens is 2. The Hall–Kier alpha value is -3.65. The monoisotopic (exact) mass is 864 g/mol. The van der Waals surface area contributed by atoms with Crippen LogP contribution in [0.25, 0.3) is 33.4 Å². The van der Waals surface area contributed by atoms with Crippen LogP contribution in [0.2, 0.25) is 0 Å². The van der Waals surface area contributed by atoms with Gasteiger partial charge in [0.05, 0.1) is 0 Å². The molecule has 0 bridgehead atoms. The van der Waals surface area contributed by atoms with Gasteiger partial charge in [-0.05, 0) is 39.5 Å². The van der Waals surface area contributed by atoms with E-state index in [1.54, 1.807) is 23.3 Å². The SMILES string of the molecule is CC(C)(C)c1cc2c([c-]c1-c1ccccc1)Cc1cc(-c3ccccc3)c(C(C)(C)C)cc1-2.Cc1cccc([Si](=[Zr+2])c2cccc(C)c2)c1.[Cl-].[Cl-].c1cc[cH-]c1. The molecule has 4 heteroatoms. The molecule has 0 N–H and O–H groups in total. The van der Waals surface area contributed by atoms with Crippen molar-refractivity contribution in [1.29, 1.82) is 0 Å². The molecular formula is C52H52Cl2SiZr-2. The van der Waals surface area contributed by atoms with Gasteiger partial charge in [-0.1, -0.05) is 131 Å². The normalized spacial score (nSPS) is 11.3. The largest absolute Gasteiger partial charge is 1.00 e. The van der Waals surface area contributed by atoms with Crippen LogP contribution in [-0.2, 0) is 40.6 Å². The van der Waals surface area contributed by atoms with Crippen LogP contribution in [-0.4, -0.2) is 5.43 Å². The summed E-state index contributed by atoms with van der Waals surface area (Å²) in [5, 5.41) is 3.07. The topological polar surface area (TPSA) is 0 Å². The number of rotatable bonds is 4. The zero-order valence-corrected chi connectivity index (χ0v) is 38.9. The molecular weight excluding hydrogens is 815 g/mol. The molecule has 0 radical (unpaired) electrons. The average Bonchev–Trinajstić information content (AvgIpc) is 3.86. The van der Waals surface area contributed by atoms with Gasteiger partial charge in [-0.3, -0.25) is 0 Å². The maximum atomic E-state index is 3.88. The molecule has 1 aliphatic rings. The van der Waals surface area contributed by atoms with Gasteiger partial charge in [0, 0.05) is 0 Å². The summed E-state index contributed by atoms with van der Waals surface area (Å²) in [5.41, 5.74) is 15.7. The third kappa shape index (κ3) is 11.0. The number of hydrogen-bond acceptors (Lipinski definition) is 0. The third-order valence-corrected chi connectivity index (χ3v) is 16.0. The van der Waals surface area contributed by atoms with Gasteiger partial charge in [-0.15, -0.1) is 28.8 Å². The average molecular weight is 867 g/mol. The first-order chi connectivity index (χ1) is 25.8. The second-order valence-electron chi connectivity index (χ2n) is 16.5. The van der Waals surface area contributed by atoms with Crippen molar-refractivity contribution >= 4 is 15.8 Å². The Morgan fingerprint density at radius 3 is 1.50 bits per heavy atom. The van der Waals surface area contributed by atoms with Gasteiger partial charge in [0.25, 0.3) is 0 Å². The smallest absolute Gasteiger partial charge is 0.172 e. The van der Waals surface area contributed by atoms with Gasteiger partial charge < -0.3 is 24.8 Å². The summed E-state index contributed by atoms with van der Waals surface area (Å²) in [4.78, 5) is 0. The second kappa shape index (κ2) is 19.7. The van der Waals surface area contributed by atoms with Crippen molar-refractivity contribution in [3.05, 3.63) is 197 Å². The van der Waals surface area contributed by atoms with E-state index >= 15 is 0 Å². The summed E-state index contributed by atoms with van der Waals surface area (Å²) in [5.74, 6) is 0. The molecule has 0 aromatic heterocycles. The Kier molecular flexibility index (Phi) is 15.8. The molecule has 0 nitrogen and oxygen atoms in total. The van der Waals surface area contributed by atoms with E-state index in [0.29, 0.717) is 0 Å². The minimum atomic E-state index is -0.499. The standard InChI is InChI=1S/C33H33.C14H14Si.C5H5.2ClH.Zr/c1-32(2,3)30-20-26-24(18-28(30)22-13-9-7-10-14-22)17-25-19-29(23-15-11-8-12-16-23)31(21-27(25)26)33(4,5)6;1-11-5-3-7-13(9-11)15-14-8-4-6-12(2)10-14;1-2-4-5-3-1;;;/h7-16,18,20-21H,17H2,1-6H3;3-10H,1-2H3;1-5H;2*1H;/q-1;;-1;;;+2/p-2. The summed E-state index contributed by atoms with van der Waals surface area (Å²) < 4.78 is 0. The van der Waals surface area contributed by atoms with E-state index in [0.717, 1.165) is 6.42 Å². The van der Waals surface area contributed by atoms with Crippen molar-refractivity contribution in [3.63, 3.8) is 0 Å². The molecule has 7 aromatic carbocycles. The molecule has 0 saturated heterocycles. The molecule has 7 aromatic rings. The zero-order valence-electron chi connectivity index (χ0n) is 34.0. The second-order valence-corrected chi connectivity index (χ2v) is 22.1. The van der Waals surface area contributed by atoms with Gasteiger partial charge >= 0.3 is 113 Å². The molecule has 56 heavy (non-hydrogen) atoms. The van der Waals surface area contributed by atoms with Gasteiger partial charge in [0.2, 0.25) is 0 Å². The Morgan fingerprint density at radius 1 is 0.536 bits per heavy atom. The maximum Gasteiger partial charge on any atom is -0.172 e. The van der Waals surface area contributed by atoms with Crippen LogP contribution in [0.15, 0.2) is 158 Å². The van der Waals surface area contributed by atoms with Crippen LogP contribution in [0.1, 0.15) is 74.9 Å². The molecule has 0 heterocycles. The van der Waals surface area contributed by atoms with E-state index in [-0.39, 0.29) is 35.6 Å². The quantitative estimate of drug-likeness (QED) is 0.143. The van der Waals surface area contributed by atoms with E-state index in [2.05, 4.69) is 189 Å². The van der Waals surface area contributed by atoms with Gasteiger partial charge in [-0.2, -0.15) is 18.2 Å². The minimum Gasteiger partial charge on any atom is -1.00 e. The summed E-state index contributed by atoms with van der Waals surface area (Å²) >= 11 is 1.65. The first-order valence-electron chi connectivity index (χ1n) is 19.1. The fourth-order valence-corrected chi connectivity index (χ4v) is 11.1. The molecule has 0 saturated carbocycles. The Balaban J connectivity index is 0.000000252. The van der Waals surface area contributed by atoms with Crippen molar-refractivity contribution < 1.29 is 48.1 Å². The molecule has 8 rings (SSSR count). The molecule has 1 aliphatic carbocycles. The van der Waals surface area contributed by atoms with E-state index in [4.69, 9.17) is 0 Å². The van der Waals surface area contributed by atoms with Crippen LogP contribution in [0, 0.1) is 19.9 Å². The fourth-order valence-electron chi connectivity index (χ4n) is 7.19. The number of aryl methyl sites for hydroxylation is 2. The first-order valence-corrected chi connectivity index (χ1v) is 24.3. The van der Waals surface area contributed by atoms with Crippen LogP contribution in [0.3, 0.4) is 0 Å². The molecule has 0 fully saturated rings. The first kappa shape index (κ1) is 45.1. The van der Waals surface area contributed by atoms with E-state index in [1.165, 1.54) is 77.1 Å². The summed E-state index contributed by atoms with van der Waals surface area (Å²) in [6.45, 7) is 18.2. The molecule has 0 atom stereocenters. The van der Waals surface area contributed by atoms with Crippen molar-refractivity contribution in [3.8, 4) is 33.4 Å². The predicted octanol–water partition coefficient (Wildman–Crippen LogP) is 6.36.